The standard InChI is InChI=1S/C16H19N7O/c1-12-8-14(23-16(20-12)18-10-19-23)21-6-3-13(4-7-21)9-22-11-17-5-2-15(22)24/h2,5,8,10-11,13H,3-4,6-7,9H2,1H3. The van der Waals surface area contributed by atoms with Crippen LogP contribution in [0.1, 0.15) is 18.5 Å². The van der Waals surface area contributed by atoms with E-state index in [0.717, 1.165) is 44.0 Å². The van der Waals surface area contributed by atoms with Gasteiger partial charge in [-0.1, -0.05) is 0 Å². The summed E-state index contributed by atoms with van der Waals surface area (Å²) in [6, 6.07) is 3.56. The molecule has 0 spiro atoms. The average Bonchev–Trinajstić information content (AvgIpc) is 3.05. The molecule has 0 N–H and O–H groups in total. The quantitative estimate of drug-likeness (QED) is 0.712. The fourth-order valence-corrected chi connectivity index (χ4v) is 3.27. The van der Waals surface area contributed by atoms with Crippen LogP contribution >= 0.6 is 0 Å². The molecule has 1 saturated heterocycles. The second-order valence-corrected chi connectivity index (χ2v) is 6.23. The maximum absolute atomic E-state index is 11.8. The molecule has 1 aliphatic rings. The topological polar surface area (TPSA) is 81.2 Å². The summed E-state index contributed by atoms with van der Waals surface area (Å²) in [5.74, 6) is 2.15. The van der Waals surface area contributed by atoms with Gasteiger partial charge in [0.05, 0.1) is 6.33 Å². The van der Waals surface area contributed by atoms with Gasteiger partial charge in [-0.15, -0.1) is 0 Å². The molecule has 124 valence electrons. The Bertz CT molecular complexity index is 908. The lowest BCUT2D eigenvalue weighted by molar-refractivity contribution is 0.349. The Morgan fingerprint density at radius 2 is 2.12 bits per heavy atom. The highest BCUT2D eigenvalue weighted by atomic mass is 16.1. The molecule has 0 amide bonds. The highest BCUT2D eigenvalue weighted by molar-refractivity contribution is 5.47. The van der Waals surface area contributed by atoms with Gasteiger partial charge in [0.2, 0.25) is 0 Å². The van der Waals surface area contributed by atoms with Crippen LogP contribution in [0.2, 0.25) is 0 Å². The molecule has 0 saturated carbocycles. The largest absolute Gasteiger partial charge is 0.356 e. The minimum atomic E-state index is 0.0153. The molecule has 8 nitrogen and oxygen atoms in total. The van der Waals surface area contributed by atoms with Gasteiger partial charge < -0.3 is 4.90 Å². The van der Waals surface area contributed by atoms with Gasteiger partial charge in [0.1, 0.15) is 12.1 Å². The molecule has 0 radical (unpaired) electrons. The minimum absolute atomic E-state index is 0.0153. The predicted molar refractivity (Wildman–Crippen MR) is 89.0 cm³/mol. The normalized spacial score (nSPS) is 16.0. The summed E-state index contributed by atoms with van der Waals surface area (Å²) >= 11 is 0. The van der Waals surface area contributed by atoms with Crippen LogP contribution < -0.4 is 10.5 Å². The Balaban J connectivity index is 1.49. The van der Waals surface area contributed by atoms with Crippen molar-refractivity contribution in [1.29, 1.82) is 0 Å². The average molecular weight is 325 g/mol. The highest BCUT2D eigenvalue weighted by Crippen LogP contribution is 2.24. The third-order valence-electron chi connectivity index (χ3n) is 4.55. The summed E-state index contributed by atoms with van der Waals surface area (Å²) < 4.78 is 3.49. The fourth-order valence-electron chi connectivity index (χ4n) is 3.27. The second-order valence-electron chi connectivity index (χ2n) is 6.23. The van der Waals surface area contributed by atoms with Gasteiger partial charge in [-0.05, 0) is 25.7 Å². The summed E-state index contributed by atoms with van der Waals surface area (Å²) in [6.45, 7) is 4.56. The van der Waals surface area contributed by atoms with Crippen LogP contribution in [-0.4, -0.2) is 42.2 Å². The number of aromatic nitrogens is 6. The first-order valence-electron chi connectivity index (χ1n) is 8.13. The number of hydrogen-bond acceptors (Lipinski definition) is 6. The molecule has 0 atom stereocenters. The first kappa shape index (κ1) is 14.8. The maximum Gasteiger partial charge on any atom is 0.254 e. The Labute approximate surface area is 138 Å². The molecule has 3 aromatic heterocycles. The number of hydrogen-bond donors (Lipinski definition) is 0. The van der Waals surface area contributed by atoms with Crippen molar-refractivity contribution in [3.63, 3.8) is 0 Å². The summed E-state index contributed by atoms with van der Waals surface area (Å²) in [6.07, 6.45) is 6.75. The van der Waals surface area contributed by atoms with Gasteiger partial charge in [0, 0.05) is 43.7 Å². The third kappa shape index (κ3) is 2.75. The molecule has 4 heterocycles. The molecule has 8 heteroatoms. The molecular weight excluding hydrogens is 306 g/mol. The van der Waals surface area contributed by atoms with Gasteiger partial charge >= 0.3 is 0 Å². The predicted octanol–water partition coefficient (Wildman–Crippen LogP) is 0.906. The molecule has 1 aliphatic heterocycles. The van der Waals surface area contributed by atoms with E-state index in [4.69, 9.17) is 0 Å². The number of anilines is 1. The minimum Gasteiger partial charge on any atom is -0.356 e. The van der Waals surface area contributed by atoms with E-state index in [9.17, 15) is 4.79 Å². The zero-order chi connectivity index (χ0) is 16.5. The van der Waals surface area contributed by atoms with Gasteiger partial charge in [0.15, 0.2) is 0 Å². The van der Waals surface area contributed by atoms with E-state index in [-0.39, 0.29) is 5.56 Å². The Kier molecular flexibility index (Phi) is 3.72. The van der Waals surface area contributed by atoms with Gasteiger partial charge in [0.25, 0.3) is 11.3 Å². The van der Waals surface area contributed by atoms with E-state index >= 15 is 0 Å². The molecular formula is C16H19N7O. The van der Waals surface area contributed by atoms with E-state index in [2.05, 4.69) is 25.0 Å². The van der Waals surface area contributed by atoms with E-state index in [1.807, 2.05) is 13.0 Å². The van der Waals surface area contributed by atoms with Crippen LogP contribution in [0.25, 0.3) is 5.78 Å². The zero-order valence-corrected chi connectivity index (χ0v) is 13.5. The summed E-state index contributed by atoms with van der Waals surface area (Å²) in [4.78, 5) is 26.8. The Morgan fingerprint density at radius 3 is 2.92 bits per heavy atom. The van der Waals surface area contributed by atoms with Crippen molar-refractivity contribution < 1.29 is 0 Å². The lowest BCUT2D eigenvalue weighted by Crippen LogP contribution is -2.37. The summed E-state index contributed by atoms with van der Waals surface area (Å²) in [5, 5.41) is 4.28. The highest BCUT2D eigenvalue weighted by Gasteiger charge is 2.22. The maximum atomic E-state index is 11.8. The van der Waals surface area contributed by atoms with Crippen molar-refractivity contribution >= 4 is 11.6 Å². The van der Waals surface area contributed by atoms with E-state index in [1.54, 1.807) is 15.4 Å². The molecule has 0 aliphatic carbocycles. The SMILES string of the molecule is Cc1cc(N2CCC(Cn3cnccc3=O)CC2)n2ncnc2n1. The van der Waals surface area contributed by atoms with Crippen LogP contribution in [-0.2, 0) is 6.54 Å². The molecule has 0 aromatic carbocycles. The third-order valence-corrected chi connectivity index (χ3v) is 4.55. The van der Waals surface area contributed by atoms with E-state index in [1.165, 1.54) is 18.6 Å². The van der Waals surface area contributed by atoms with Crippen LogP contribution in [0.15, 0.2) is 35.8 Å². The van der Waals surface area contributed by atoms with Crippen molar-refractivity contribution in [1.82, 2.24) is 29.1 Å². The number of fused-ring (bicyclic) bond motifs is 1. The van der Waals surface area contributed by atoms with Crippen molar-refractivity contribution in [2.24, 2.45) is 5.92 Å². The molecule has 4 rings (SSSR count). The number of aryl methyl sites for hydroxylation is 1. The van der Waals surface area contributed by atoms with Crippen LogP contribution in [0.5, 0.6) is 0 Å². The molecule has 3 aromatic rings. The summed E-state index contributed by atoms with van der Waals surface area (Å²) in [7, 11) is 0. The summed E-state index contributed by atoms with van der Waals surface area (Å²) in [5.41, 5.74) is 0.955. The first-order valence-corrected chi connectivity index (χ1v) is 8.13. The smallest absolute Gasteiger partial charge is 0.254 e. The monoisotopic (exact) mass is 325 g/mol. The van der Waals surface area contributed by atoms with Crippen molar-refractivity contribution in [3.05, 3.63) is 47.0 Å². The van der Waals surface area contributed by atoms with Gasteiger partial charge in [-0.25, -0.2) is 9.97 Å². The van der Waals surface area contributed by atoms with Crippen LogP contribution in [0.4, 0.5) is 5.82 Å². The molecule has 0 bridgehead atoms. The Morgan fingerprint density at radius 1 is 1.29 bits per heavy atom. The van der Waals surface area contributed by atoms with E-state index in [0.29, 0.717) is 11.7 Å². The van der Waals surface area contributed by atoms with E-state index < -0.39 is 0 Å². The van der Waals surface area contributed by atoms with Crippen molar-refractivity contribution in [2.45, 2.75) is 26.3 Å². The molecule has 24 heavy (non-hydrogen) atoms. The van der Waals surface area contributed by atoms with Crippen molar-refractivity contribution in [2.75, 3.05) is 18.0 Å². The zero-order valence-electron chi connectivity index (χ0n) is 13.5. The van der Waals surface area contributed by atoms with Crippen molar-refractivity contribution in [3.8, 4) is 0 Å². The Hall–Kier alpha value is -2.77. The second kappa shape index (κ2) is 6.03. The first-order chi connectivity index (χ1) is 11.7. The molecule has 0 unspecified atom stereocenters. The van der Waals surface area contributed by atoms with Gasteiger partial charge in [-0.3, -0.25) is 9.36 Å². The lowest BCUT2D eigenvalue weighted by Gasteiger charge is -2.33. The van der Waals surface area contributed by atoms with Crippen LogP contribution in [0, 0.1) is 12.8 Å². The molecule has 1 fully saturated rings. The number of piperidine rings is 1. The lowest BCUT2D eigenvalue weighted by atomic mass is 9.96. The number of nitrogens with zero attached hydrogens (tertiary/aromatic N) is 7. The number of rotatable bonds is 3. The van der Waals surface area contributed by atoms with Gasteiger partial charge in [-0.2, -0.15) is 14.6 Å². The van der Waals surface area contributed by atoms with Crippen LogP contribution in [0.3, 0.4) is 0 Å². The fraction of sp³-hybridized carbons (Fsp3) is 0.438.